The van der Waals surface area contributed by atoms with Crippen molar-refractivity contribution >= 4 is 45.5 Å². The van der Waals surface area contributed by atoms with E-state index in [1.165, 1.54) is 6.92 Å². The Morgan fingerprint density at radius 3 is 2.79 bits per heavy atom. The lowest BCUT2D eigenvalue weighted by molar-refractivity contribution is -0.114. The third-order valence-electron chi connectivity index (χ3n) is 3.89. The second-order valence-electron chi connectivity index (χ2n) is 6.14. The summed E-state index contributed by atoms with van der Waals surface area (Å²) in [5, 5.41) is 18.0. The van der Waals surface area contributed by atoms with E-state index in [0.29, 0.717) is 5.75 Å². The van der Waals surface area contributed by atoms with E-state index in [1.807, 2.05) is 64.5 Å². The van der Waals surface area contributed by atoms with Crippen molar-refractivity contribution in [3.8, 4) is 5.69 Å². The molecule has 0 fully saturated rings. The molecule has 9 heteroatoms. The first-order chi connectivity index (χ1) is 14.2. The molecule has 0 unspecified atom stereocenters. The van der Waals surface area contributed by atoms with Crippen LogP contribution in [0.25, 0.3) is 5.69 Å². The van der Waals surface area contributed by atoms with Gasteiger partial charge >= 0.3 is 0 Å². The number of nitrogens with one attached hydrogen (secondary N) is 2. The van der Waals surface area contributed by atoms with Gasteiger partial charge in [-0.1, -0.05) is 36.0 Å². The van der Waals surface area contributed by atoms with E-state index in [4.69, 9.17) is 0 Å². The molecular formula is C20H18N6OS2. The molecule has 2 aromatic carbocycles. The summed E-state index contributed by atoms with van der Waals surface area (Å²) in [4.78, 5) is 15.9. The maximum atomic E-state index is 11.3. The van der Waals surface area contributed by atoms with Gasteiger partial charge in [0.25, 0.3) is 0 Å². The molecule has 29 heavy (non-hydrogen) atoms. The maximum Gasteiger partial charge on any atom is 0.221 e. The van der Waals surface area contributed by atoms with E-state index in [1.54, 1.807) is 29.4 Å². The van der Waals surface area contributed by atoms with Crippen LogP contribution in [0.2, 0.25) is 0 Å². The Hall–Kier alpha value is -3.17. The summed E-state index contributed by atoms with van der Waals surface area (Å²) in [6, 6.07) is 17.5. The minimum Gasteiger partial charge on any atom is -0.332 e. The molecule has 0 atom stereocenters. The SMILES string of the molecule is CC(=O)Nc1cccc(-n2cnnc2SCc2csc(Nc3ccccc3)n2)c1. The number of rotatable bonds is 7. The van der Waals surface area contributed by atoms with Crippen molar-refractivity contribution in [1.29, 1.82) is 0 Å². The van der Waals surface area contributed by atoms with Gasteiger partial charge in [0.15, 0.2) is 10.3 Å². The van der Waals surface area contributed by atoms with Crippen molar-refractivity contribution < 1.29 is 4.79 Å². The van der Waals surface area contributed by atoms with Gasteiger partial charge in [0, 0.05) is 29.4 Å². The lowest BCUT2D eigenvalue weighted by Gasteiger charge is -2.08. The van der Waals surface area contributed by atoms with Crippen LogP contribution in [-0.2, 0) is 10.5 Å². The van der Waals surface area contributed by atoms with Gasteiger partial charge in [-0.15, -0.1) is 21.5 Å². The lowest BCUT2D eigenvalue weighted by atomic mass is 10.2. The van der Waals surface area contributed by atoms with Crippen LogP contribution in [0.4, 0.5) is 16.5 Å². The predicted octanol–water partition coefficient (Wildman–Crippen LogP) is 4.72. The highest BCUT2D eigenvalue weighted by Gasteiger charge is 2.10. The summed E-state index contributed by atoms with van der Waals surface area (Å²) >= 11 is 3.13. The van der Waals surface area contributed by atoms with E-state index in [9.17, 15) is 4.79 Å². The fourth-order valence-electron chi connectivity index (χ4n) is 2.65. The van der Waals surface area contributed by atoms with Crippen LogP contribution in [0.1, 0.15) is 12.6 Å². The first-order valence-electron chi connectivity index (χ1n) is 8.85. The molecule has 0 bridgehead atoms. The van der Waals surface area contributed by atoms with Crippen molar-refractivity contribution in [1.82, 2.24) is 19.7 Å². The summed E-state index contributed by atoms with van der Waals surface area (Å²) in [7, 11) is 0. The molecule has 2 N–H and O–H groups in total. The Kier molecular flexibility index (Phi) is 5.87. The van der Waals surface area contributed by atoms with E-state index in [-0.39, 0.29) is 5.91 Å². The first-order valence-corrected chi connectivity index (χ1v) is 10.7. The molecule has 0 aliphatic heterocycles. The second kappa shape index (κ2) is 8.89. The second-order valence-corrected chi connectivity index (χ2v) is 7.94. The summed E-state index contributed by atoms with van der Waals surface area (Å²) in [6.07, 6.45) is 1.67. The number of benzene rings is 2. The fraction of sp³-hybridized carbons (Fsp3) is 0.100. The number of hydrogen-bond acceptors (Lipinski definition) is 7. The molecule has 1 amide bonds. The average Bonchev–Trinajstić information content (AvgIpc) is 3.36. The van der Waals surface area contributed by atoms with Gasteiger partial charge in [-0.25, -0.2) is 4.98 Å². The van der Waals surface area contributed by atoms with Gasteiger partial charge < -0.3 is 10.6 Å². The van der Waals surface area contributed by atoms with Crippen molar-refractivity contribution in [2.45, 2.75) is 17.8 Å². The maximum absolute atomic E-state index is 11.3. The molecular weight excluding hydrogens is 404 g/mol. The Morgan fingerprint density at radius 2 is 1.97 bits per heavy atom. The van der Waals surface area contributed by atoms with Gasteiger partial charge in [0.05, 0.1) is 11.4 Å². The zero-order valence-corrected chi connectivity index (χ0v) is 17.2. The number of thioether (sulfide) groups is 1. The molecule has 0 aliphatic carbocycles. The van der Waals surface area contributed by atoms with E-state index in [2.05, 4.69) is 25.8 Å². The van der Waals surface area contributed by atoms with E-state index >= 15 is 0 Å². The monoisotopic (exact) mass is 422 g/mol. The molecule has 2 heterocycles. The van der Waals surface area contributed by atoms with Gasteiger partial charge in [-0.05, 0) is 30.3 Å². The van der Waals surface area contributed by atoms with Crippen LogP contribution in [0.15, 0.2) is 71.5 Å². The minimum atomic E-state index is -0.107. The quantitative estimate of drug-likeness (QED) is 0.419. The van der Waals surface area contributed by atoms with Crippen molar-refractivity contribution in [2.24, 2.45) is 0 Å². The van der Waals surface area contributed by atoms with Crippen molar-refractivity contribution in [3.63, 3.8) is 0 Å². The number of carbonyl (C=O) groups excluding carboxylic acids is 1. The molecule has 0 spiro atoms. The topological polar surface area (TPSA) is 84.7 Å². The van der Waals surface area contributed by atoms with E-state index in [0.717, 1.165) is 33.0 Å². The van der Waals surface area contributed by atoms with Crippen LogP contribution < -0.4 is 10.6 Å². The molecule has 7 nitrogen and oxygen atoms in total. The molecule has 0 radical (unpaired) electrons. The smallest absolute Gasteiger partial charge is 0.221 e. The number of amides is 1. The van der Waals surface area contributed by atoms with Crippen LogP contribution >= 0.6 is 23.1 Å². The van der Waals surface area contributed by atoms with Crippen molar-refractivity contribution in [2.75, 3.05) is 10.6 Å². The zero-order chi connectivity index (χ0) is 20.1. The normalized spacial score (nSPS) is 10.7. The zero-order valence-electron chi connectivity index (χ0n) is 15.6. The van der Waals surface area contributed by atoms with Gasteiger partial charge in [0.1, 0.15) is 6.33 Å². The molecule has 0 aliphatic rings. The Labute approximate surface area is 176 Å². The summed E-state index contributed by atoms with van der Waals surface area (Å²) in [6.45, 7) is 1.49. The number of carbonyl (C=O) groups is 1. The molecule has 146 valence electrons. The lowest BCUT2D eigenvalue weighted by Crippen LogP contribution is -2.06. The number of aromatic nitrogens is 4. The predicted molar refractivity (Wildman–Crippen MR) is 117 cm³/mol. The van der Waals surface area contributed by atoms with Crippen LogP contribution in [0.5, 0.6) is 0 Å². The first kappa shape index (κ1) is 19.2. The minimum absolute atomic E-state index is 0.107. The molecule has 4 rings (SSSR count). The summed E-state index contributed by atoms with van der Waals surface area (Å²) < 4.78 is 1.89. The number of thiazole rings is 1. The molecule has 4 aromatic rings. The number of anilines is 3. The van der Waals surface area contributed by atoms with Gasteiger partial charge in [-0.3, -0.25) is 9.36 Å². The number of hydrogen-bond donors (Lipinski definition) is 2. The summed E-state index contributed by atoms with van der Waals surface area (Å²) in [5.74, 6) is 0.570. The van der Waals surface area contributed by atoms with Crippen LogP contribution in [0, 0.1) is 0 Å². The van der Waals surface area contributed by atoms with Crippen molar-refractivity contribution in [3.05, 3.63) is 72.0 Å². The number of nitrogens with zero attached hydrogens (tertiary/aromatic N) is 4. The molecule has 0 saturated carbocycles. The van der Waals surface area contributed by atoms with Gasteiger partial charge in [0.2, 0.25) is 5.91 Å². The summed E-state index contributed by atoms with van der Waals surface area (Å²) in [5.41, 5.74) is 3.60. The Balaban J connectivity index is 1.43. The molecule has 0 saturated heterocycles. The highest BCUT2D eigenvalue weighted by molar-refractivity contribution is 7.98. The Bertz CT molecular complexity index is 1110. The highest BCUT2D eigenvalue weighted by Crippen LogP contribution is 2.27. The third kappa shape index (κ3) is 5.01. The number of para-hydroxylation sites is 1. The van der Waals surface area contributed by atoms with Crippen LogP contribution in [0.3, 0.4) is 0 Å². The standard InChI is InChI=1S/C20H18N6OS2/c1-14(27)22-16-8-5-9-18(10-16)26-13-21-25-20(26)29-12-17-11-28-19(24-17)23-15-6-3-2-4-7-15/h2-11,13H,12H2,1H3,(H,22,27)(H,23,24). The van der Waals surface area contributed by atoms with E-state index < -0.39 is 0 Å². The fourth-order valence-corrected chi connectivity index (χ4v) is 4.31. The largest absolute Gasteiger partial charge is 0.332 e. The third-order valence-corrected chi connectivity index (χ3v) is 5.67. The molecule has 2 aromatic heterocycles. The highest BCUT2D eigenvalue weighted by atomic mass is 32.2. The van der Waals surface area contributed by atoms with Crippen LogP contribution in [-0.4, -0.2) is 25.7 Å². The Morgan fingerprint density at radius 1 is 1.14 bits per heavy atom. The average molecular weight is 423 g/mol. The van der Waals surface area contributed by atoms with Gasteiger partial charge in [-0.2, -0.15) is 0 Å².